The number of piperazine rings is 1. The molecule has 0 saturated carbocycles. The number of nitrogens with zero attached hydrogens (tertiary/aromatic N) is 4. The van der Waals surface area contributed by atoms with Gasteiger partial charge in [-0.1, -0.05) is 20.4 Å². The lowest BCUT2D eigenvalue weighted by Crippen LogP contribution is -2.44. The van der Waals surface area contributed by atoms with Gasteiger partial charge in [0, 0.05) is 51.6 Å². The van der Waals surface area contributed by atoms with Crippen LogP contribution >= 0.6 is 0 Å². The minimum atomic E-state index is 0.644. The fourth-order valence-corrected chi connectivity index (χ4v) is 2.57. The number of nitrogens with one attached hydrogen (secondary N) is 2. The van der Waals surface area contributed by atoms with Gasteiger partial charge in [0.05, 0.1) is 0 Å². The van der Waals surface area contributed by atoms with E-state index >= 15 is 0 Å². The van der Waals surface area contributed by atoms with Crippen molar-refractivity contribution in [1.82, 2.24) is 10.2 Å². The van der Waals surface area contributed by atoms with E-state index in [1.165, 1.54) is 5.69 Å². The number of guanidine groups is 1. The Morgan fingerprint density at radius 1 is 1.00 bits per heavy atom. The van der Waals surface area contributed by atoms with Gasteiger partial charge < -0.3 is 20.4 Å². The SMILES string of the molecule is C=C(C)C(=NC)NC(=NC)Nc1ccc(N2CCN(C)CC2)cc1.CC. The fraction of sp³-hybridized carbons (Fsp3) is 0.500. The molecule has 2 rings (SSSR count). The monoisotopic (exact) mass is 358 g/mol. The lowest BCUT2D eigenvalue weighted by molar-refractivity contribution is 0.313. The van der Waals surface area contributed by atoms with Gasteiger partial charge in [0.25, 0.3) is 0 Å². The molecule has 1 fully saturated rings. The molecule has 6 heteroatoms. The van der Waals surface area contributed by atoms with Crippen LogP contribution in [0.2, 0.25) is 0 Å². The van der Waals surface area contributed by atoms with E-state index < -0.39 is 0 Å². The number of rotatable bonds is 3. The number of hydrogen-bond donors (Lipinski definition) is 2. The highest BCUT2D eigenvalue weighted by Crippen LogP contribution is 2.19. The van der Waals surface area contributed by atoms with Gasteiger partial charge in [-0.05, 0) is 43.8 Å². The second-order valence-corrected chi connectivity index (χ2v) is 6.01. The summed E-state index contributed by atoms with van der Waals surface area (Å²) in [6.45, 7) is 14.2. The molecular formula is C20H34N6. The molecule has 0 atom stereocenters. The first kappa shape index (κ1) is 21.7. The first-order valence-corrected chi connectivity index (χ1v) is 9.20. The average molecular weight is 359 g/mol. The molecule has 26 heavy (non-hydrogen) atoms. The molecule has 6 nitrogen and oxygen atoms in total. The molecule has 1 aliphatic rings. The van der Waals surface area contributed by atoms with Gasteiger partial charge in [-0.2, -0.15) is 0 Å². The smallest absolute Gasteiger partial charge is 0.201 e. The van der Waals surface area contributed by atoms with E-state index in [1.54, 1.807) is 14.1 Å². The minimum Gasteiger partial charge on any atom is -0.369 e. The molecule has 0 radical (unpaired) electrons. The molecule has 2 N–H and O–H groups in total. The molecule has 0 bridgehead atoms. The zero-order chi connectivity index (χ0) is 19.5. The first-order valence-electron chi connectivity index (χ1n) is 9.20. The standard InChI is InChI=1S/C18H28N6.C2H6/c1-14(2)17(19-3)22-18(20-4)21-15-6-8-16(9-7-15)24-12-10-23(5)11-13-24;1-2/h6-9H,1,10-13H2,2-5H3,(H2,19,20,21,22);1-2H3. The third-order valence-corrected chi connectivity index (χ3v) is 4.09. The van der Waals surface area contributed by atoms with Crippen LogP contribution in [-0.4, -0.2) is 64.0 Å². The Labute approximate surface area is 158 Å². The summed E-state index contributed by atoms with van der Waals surface area (Å²) in [5.74, 6) is 1.36. The van der Waals surface area contributed by atoms with Crippen LogP contribution in [0, 0.1) is 0 Å². The van der Waals surface area contributed by atoms with Crippen LogP contribution in [-0.2, 0) is 0 Å². The number of hydrogen-bond acceptors (Lipinski definition) is 4. The van der Waals surface area contributed by atoms with Crippen LogP contribution in [0.5, 0.6) is 0 Å². The molecule has 0 aromatic heterocycles. The van der Waals surface area contributed by atoms with E-state index in [9.17, 15) is 0 Å². The van der Waals surface area contributed by atoms with Crippen molar-refractivity contribution in [2.75, 3.05) is 57.5 Å². The van der Waals surface area contributed by atoms with Crippen molar-refractivity contribution < 1.29 is 0 Å². The lowest BCUT2D eigenvalue weighted by Gasteiger charge is -2.34. The first-order chi connectivity index (χ1) is 12.5. The highest BCUT2D eigenvalue weighted by Gasteiger charge is 2.14. The van der Waals surface area contributed by atoms with Crippen molar-refractivity contribution >= 4 is 23.2 Å². The molecule has 1 aromatic rings. The van der Waals surface area contributed by atoms with Crippen LogP contribution in [0.3, 0.4) is 0 Å². The Hall–Kier alpha value is -2.34. The van der Waals surface area contributed by atoms with Crippen LogP contribution in [0.25, 0.3) is 0 Å². The lowest BCUT2D eigenvalue weighted by atomic mass is 10.2. The van der Waals surface area contributed by atoms with Crippen LogP contribution < -0.4 is 15.5 Å². The van der Waals surface area contributed by atoms with Crippen molar-refractivity contribution in [2.24, 2.45) is 9.98 Å². The average Bonchev–Trinajstić information content (AvgIpc) is 2.67. The second-order valence-electron chi connectivity index (χ2n) is 6.01. The summed E-state index contributed by atoms with van der Waals surface area (Å²) in [5.41, 5.74) is 3.11. The quantitative estimate of drug-likeness (QED) is 0.644. The van der Waals surface area contributed by atoms with E-state index in [-0.39, 0.29) is 0 Å². The summed E-state index contributed by atoms with van der Waals surface area (Å²) in [5, 5.41) is 6.43. The highest BCUT2D eigenvalue weighted by atomic mass is 15.2. The molecule has 0 unspecified atom stereocenters. The van der Waals surface area contributed by atoms with Crippen molar-refractivity contribution in [3.8, 4) is 0 Å². The second kappa shape index (κ2) is 11.3. The van der Waals surface area contributed by atoms with E-state index in [0.717, 1.165) is 43.3 Å². The van der Waals surface area contributed by atoms with Gasteiger partial charge in [-0.25, -0.2) is 0 Å². The van der Waals surface area contributed by atoms with Gasteiger partial charge in [0.2, 0.25) is 5.96 Å². The predicted octanol–water partition coefficient (Wildman–Crippen LogP) is 3.06. The summed E-state index contributed by atoms with van der Waals surface area (Å²) < 4.78 is 0. The summed E-state index contributed by atoms with van der Waals surface area (Å²) >= 11 is 0. The number of aliphatic imine (C=N–C) groups is 2. The van der Waals surface area contributed by atoms with Gasteiger partial charge in [-0.15, -0.1) is 0 Å². The molecule has 144 valence electrons. The molecule has 0 aliphatic carbocycles. The largest absolute Gasteiger partial charge is 0.369 e. The number of likely N-dealkylation sites (N-methyl/N-ethyl adjacent to an activating group) is 1. The van der Waals surface area contributed by atoms with E-state index in [4.69, 9.17) is 0 Å². The van der Waals surface area contributed by atoms with Crippen molar-refractivity contribution in [2.45, 2.75) is 20.8 Å². The van der Waals surface area contributed by atoms with E-state index in [0.29, 0.717) is 5.96 Å². The predicted molar refractivity (Wildman–Crippen MR) is 116 cm³/mol. The van der Waals surface area contributed by atoms with Crippen LogP contribution in [0.15, 0.2) is 46.4 Å². The highest BCUT2D eigenvalue weighted by molar-refractivity contribution is 6.11. The molecule has 1 aromatic carbocycles. The summed E-state index contributed by atoms with van der Waals surface area (Å²) in [4.78, 5) is 13.2. The van der Waals surface area contributed by atoms with Gasteiger partial charge in [0.1, 0.15) is 5.84 Å². The zero-order valence-electron chi connectivity index (χ0n) is 17.1. The Kier molecular flexibility index (Phi) is 9.44. The number of amidine groups is 1. The van der Waals surface area contributed by atoms with Crippen LogP contribution in [0.4, 0.5) is 11.4 Å². The fourth-order valence-electron chi connectivity index (χ4n) is 2.57. The summed E-state index contributed by atoms with van der Waals surface area (Å²) in [6.07, 6.45) is 0. The Balaban J connectivity index is 0.00000163. The van der Waals surface area contributed by atoms with Gasteiger partial charge in [-0.3, -0.25) is 9.98 Å². The third-order valence-electron chi connectivity index (χ3n) is 4.09. The molecule has 0 spiro atoms. The van der Waals surface area contributed by atoms with Crippen molar-refractivity contribution in [1.29, 1.82) is 0 Å². The summed E-state index contributed by atoms with van der Waals surface area (Å²) in [7, 11) is 5.64. The minimum absolute atomic E-state index is 0.644. The van der Waals surface area contributed by atoms with Gasteiger partial charge in [0.15, 0.2) is 0 Å². The number of anilines is 2. The van der Waals surface area contributed by atoms with E-state index in [2.05, 4.69) is 68.3 Å². The van der Waals surface area contributed by atoms with Crippen molar-refractivity contribution in [3.63, 3.8) is 0 Å². The summed E-state index contributed by atoms with van der Waals surface area (Å²) in [6, 6.07) is 8.44. The molecule has 0 amide bonds. The number of benzene rings is 1. The van der Waals surface area contributed by atoms with Gasteiger partial charge >= 0.3 is 0 Å². The maximum atomic E-state index is 4.23. The topological polar surface area (TPSA) is 55.3 Å². The molecule has 1 saturated heterocycles. The molecule has 1 aliphatic heterocycles. The van der Waals surface area contributed by atoms with Crippen molar-refractivity contribution in [3.05, 3.63) is 36.4 Å². The van der Waals surface area contributed by atoms with Crippen LogP contribution in [0.1, 0.15) is 20.8 Å². The maximum absolute atomic E-state index is 4.23. The molecule has 1 heterocycles. The third kappa shape index (κ3) is 6.52. The zero-order valence-corrected chi connectivity index (χ0v) is 17.1. The molecular weight excluding hydrogens is 324 g/mol. The Morgan fingerprint density at radius 3 is 2.04 bits per heavy atom. The maximum Gasteiger partial charge on any atom is 0.201 e. The Bertz CT molecular complexity index is 610. The normalized spacial score (nSPS) is 15.8. The Morgan fingerprint density at radius 2 is 1.58 bits per heavy atom. The van der Waals surface area contributed by atoms with E-state index in [1.807, 2.05) is 20.8 Å².